The molecule has 198 valence electrons. The first kappa shape index (κ1) is 25.3. The van der Waals surface area contributed by atoms with E-state index in [1.165, 1.54) is 18.1 Å². The zero-order chi connectivity index (χ0) is 26.9. The van der Waals surface area contributed by atoms with Crippen molar-refractivity contribution in [2.24, 2.45) is 17.8 Å². The van der Waals surface area contributed by atoms with Gasteiger partial charge in [-0.25, -0.2) is 0 Å². The summed E-state index contributed by atoms with van der Waals surface area (Å²) in [7, 11) is 1.45. The highest BCUT2D eigenvalue weighted by Crippen LogP contribution is 2.57. The number of hydrogen-bond donors (Lipinski definition) is 1. The maximum Gasteiger partial charge on any atom is 0.233 e. The molecular weight excluding hydrogens is 550 g/mol. The fourth-order valence-electron chi connectivity index (χ4n) is 7.43. The van der Waals surface area contributed by atoms with Gasteiger partial charge in [-0.3, -0.25) is 24.1 Å². The minimum Gasteiger partial charge on any atom is -0.504 e. The van der Waals surface area contributed by atoms with E-state index in [2.05, 4.69) is 15.9 Å². The lowest BCUT2D eigenvalue weighted by molar-refractivity contribution is -0.143. The third-order valence-electron chi connectivity index (χ3n) is 9.14. The Hall–Kier alpha value is -3.00. The van der Waals surface area contributed by atoms with Gasteiger partial charge in [0.2, 0.25) is 11.8 Å². The van der Waals surface area contributed by atoms with Crippen LogP contribution in [0.15, 0.2) is 51.0 Å². The Morgan fingerprint density at radius 2 is 1.76 bits per heavy atom. The van der Waals surface area contributed by atoms with Gasteiger partial charge in [-0.1, -0.05) is 46.8 Å². The van der Waals surface area contributed by atoms with Crippen LogP contribution in [0.25, 0.3) is 0 Å². The second kappa shape index (κ2) is 9.33. The van der Waals surface area contributed by atoms with Gasteiger partial charge in [0, 0.05) is 38.7 Å². The lowest BCUT2D eigenvalue weighted by atomic mass is 9.59. The van der Waals surface area contributed by atoms with Crippen molar-refractivity contribution in [2.45, 2.75) is 63.8 Å². The number of amides is 2. The third kappa shape index (κ3) is 3.67. The minimum atomic E-state index is -0.719. The van der Waals surface area contributed by atoms with Gasteiger partial charge in [-0.2, -0.15) is 0 Å². The maximum atomic E-state index is 14.0. The average molecular weight is 580 g/mol. The first-order valence-corrected chi connectivity index (χ1v) is 14.2. The number of phenolic OH excluding ortho intramolecular Hbond substituents is 1. The van der Waals surface area contributed by atoms with E-state index in [1.54, 1.807) is 19.1 Å². The topological polar surface area (TPSA) is 101 Å². The molecular formula is C30H30BrNO6. The Morgan fingerprint density at radius 1 is 1.03 bits per heavy atom. The number of imide groups is 1. The Kier molecular flexibility index (Phi) is 6.21. The summed E-state index contributed by atoms with van der Waals surface area (Å²) in [5.41, 5.74) is 2.35. The summed E-state index contributed by atoms with van der Waals surface area (Å²) in [6, 6.07) is 3.31. The molecule has 1 aromatic rings. The number of hydrogen-bond acceptors (Lipinski definition) is 6. The molecule has 4 atom stereocenters. The molecule has 5 aliphatic rings. The highest BCUT2D eigenvalue weighted by Gasteiger charge is 2.57. The number of ketones is 2. The molecule has 38 heavy (non-hydrogen) atoms. The molecule has 0 spiro atoms. The number of halogens is 1. The fourth-order valence-corrected chi connectivity index (χ4v) is 7.89. The van der Waals surface area contributed by atoms with Crippen LogP contribution in [0.3, 0.4) is 0 Å². The lowest BCUT2D eigenvalue weighted by Gasteiger charge is -2.42. The summed E-state index contributed by atoms with van der Waals surface area (Å²) in [5, 5.41) is 11.2. The monoisotopic (exact) mass is 579 g/mol. The van der Waals surface area contributed by atoms with Crippen molar-refractivity contribution in [1.82, 2.24) is 4.90 Å². The Morgan fingerprint density at radius 3 is 2.47 bits per heavy atom. The molecule has 1 heterocycles. The number of allylic oxidation sites excluding steroid dienone is 6. The van der Waals surface area contributed by atoms with Crippen LogP contribution in [0.5, 0.6) is 11.5 Å². The largest absolute Gasteiger partial charge is 0.504 e. The van der Waals surface area contributed by atoms with Gasteiger partial charge in [0.05, 0.1) is 18.9 Å². The molecule has 7 nitrogen and oxygen atoms in total. The number of carbonyl (C=O) groups is 4. The van der Waals surface area contributed by atoms with Gasteiger partial charge in [-0.05, 0) is 56.7 Å². The van der Waals surface area contributed by atoms with Crippen LogP contribution in [0.4, 0.5) is 0 Å². The fraction of sp³-hybridized carbons (Fsp3) is 0.467. The number of benzene rings is 1. The molecule has 6 rings (SSSR count). The highest BCUT2D eigenvalue weighted by molar-refractivity contribution is 9.10. The first-order chi connectivity index (χ1) is 18.2. The molecule has 1 aromatic carbocycles. The molecule has 2 fully saturated rings. The molecule has 0 bridgehead atoms. The Labute approximate surface area is 229 Å². The zero-order valence-corrected chi connectivity index (χ0v) is 23.0. The number of nitrogens with zero attached hydrogens (tertiary/aromatic N) is 1. The lowest BCUT2D eigenvalue weighted by Crippen LogP contribution is -2.43. The number of carbonyl (C=O) groups excluding carboxylic acids is 4. The van der Waals surface area contributed by atoms with Crippen LogP contribution in [0.1, 0.15) is 63.4 Å². The van der Waals surface area contributed by atoms with Crippen molar-refractivity contribution in [3.8, 4) is 11.5 Å². The molecule has 2 amide bonds. The van der Waals surface area contributed by atoms with E-state index >= 15 is 0 Å². The van der Waals surface area contributed by atoms with Crippen LogP contribution in [-0.2, 0) is 19.2 Å². The molecule has 4 aliphatic carbocycles. The quantitative estimate of drug-likeness (QED) is 0.309. The number of Topliss-reactive ketones (excluding diaryl/α,β-unsaturated/α-hetero) is 1. The van der Waals surface area contributed by atoms with E-state index in [1.807, 2.05) is 6.08 Å². The number of aromatic hydroxyl groups is 1. The van der Waals surface area contributed by atoms with Crippen molar-refractivity contribution < 1.29 is 29.0 Å². The van der Waals surface area contributed by atoms with Crippen molar-refractivity contribution in [3.63, 3.8) is 0 Å². The van der Waals surface area contributed by atoms with E-state index in [0.29, 0.717) is 33.2 Å². The number of likely N-dealkylation sites (tertiary alicyclic amines) is 1. The molecule has 0 aromatic heterocycles. The van der Waals surface area contributed by atoms with E-state index in [-0.39, 0.29) is 47.3 Å². The molecule has 1 aliphatic heterocycles. The van der Waals surface area contributed by atoms with Crippen LogP contribution < -0.4 is 4.74 Å². The van der Waals surface area contributed by atoms with Gasteiger partial charge >= 0.3 is 0 Å². The minimum absolute atomic E-state index is 0.0617. The summed E-state index contributed by atoms with van der Waals surface area (Å²) in [5.74, 6) is -2.77. The molecule has 1 saturated heterocycles. The van der Waals surface area contributed by atoms with E-state index in [0.717, 1.165) is 37.7 Å². The Bertz CT molecular complexity index is 1380. The van der Waals surface area contributed by atoms with Crippen molar-refractivity contribution in [2.75, 3.05) is 7.11 Å². The van der Waals surface area contributed by atoms with Crippen LogP contribution in [0.2, 0.25) is 0 Å². The first-order valence-electron chi connectivity index (χ1n) is 13.4. The van der Waals surface area contributed by atoms with Gasteiger partial charge in [0.1, 0.15) is 0 Å². The van der Waals surface area contributed by atoms with Gasteiger partial charge < -0.3 is 9.84 Å². The summed E-state index contributed by atoms with van der Waals surface area (Å²) < 4.78 is 6.04. The molecule has 0 radical (unpaired) electrons. The summed E-state index contributed by atoms with van der Waals surface area (Å²) in [4.78, 5) is 55.9. The average Bonchev–Trinajstić information content (AvgIpc) is 3.17. The van der Waals surface area contributed by atoms with Gasteiger partial charge in [-0.15, -0.1) is 0 Å². The van der Waals surface area contributed by atoms with E-state index in [4.69, 9.17) is 4.74 Å². The molecule has 1 saturated carbocycles. The van der Waals surface area contributed by atoms with Crippen LogP contribution in [0, 0.1) is 17.8 Å². The summed E-state index contributed by atoms with van der Waals surface area (Å²) in [6.45, 7) is 1.63. The Balaban J connectivity index is 1.50. The summed E-state index contributed by atoms with van der Waals surface area (Å²) in [6.07, 6.45) is 8.78. The highest BCUT2D eigenvalue weighted by atomic mass is 79.9. The van der Waals surface area contributed by atoms with E-state index in [9.17, 15) is 24.3 Å². The number of phenols is 1. The van der Waals surface area contributed by atoms with Gasteiger partial charge in [0.15, 0.2) is 23.1 Å². The van der Waals surface area contributed by atoms with Crippen LogP contribution >= 0.6 is 15.9 Å². The smallest absolute Gasteiger partial charge is 0.233 e. The number of rotatable bonds is 3. The maximum absolute atomic E-state index is 14.0. The summed E-state index contributed by atoms with van der Waals surface area (Å²) >= 11 is 3.49. The van der Waals surface area contributed by atoms with Crippen LogP contribution in [-0.4, -0.2) is 46.5 Å². The zero-order valence-electron chi connectivity index (χ0n) is 21.5. The van der Waals surface area contributed by atoms with Crippen molar-refractivity contribution in [3.05, 3.63) is 56.6 Å². The molecule has 8 heteroatoms. The predicted octanol–water partition coefficient (Wildman–Crippen LogP) is 4.93. The second-order valence-corrected chi connectivity index (χ2v) is 12.0. The van der Waals surface area contributed by atoms with Crippen molar-refractivity contribution in [1.29, 1.82) is 0 Å². The predicted molar refractivity (Wildman–Crippen MR) is 142 cm³/mol. The second-order valence-electron chi connectivity index (χ2n) is 11.1. The normalized spacial score (nSPS) is 29.6. The molecule has 0 unspecified atom stereocenters. The van der Waals surface area contributed by atoms with Crippen molar-refractivity contribution >= 4 is 39.3 Å². The SMILES string of the molecule is COc1cc(Br)cc([C@H]2C3=CC[C@@H]4C(=O)N(C5CCCCC5)C(=O)[C@@H]4[C@@H]3CC3=C2C(=O)C=C(C)C3=O)c1O. The molecule has 1 N–H and O–H groups in total. The van der Waals surface area contributed by atoms with Gasteiger partial charge in [0.25, 0.3) is 0 Å². The number of methoxy groups -OCH3 is 1. The standard InChI is InChI=1S/C30H30BrNO6/c1-14-10-22(33)26-21(27(14)34)13-19-17(24(26)20-11-15(31)12-23(38-2)28(20)35)8-9-18-25(19)30(37)32(29(18)36)16-6-4-3-5-7-16/h8,10-12,16,18-19,24-25,35H,3-7,9,13H2,1-2H3/t18-,19+,24+,25-/m0/s1. The van der Waals surface area contributed by atoms with E-state index < -0.39 is 23.7 Å². The number of fused-ring (bicyclic) bond motifs is 3. The third-order valence-corrected chi connectivity index (χ3v) is 9.59. The number of ether oxygens (including phenoxy) is 1.